The highest BCUT2D eigenvalue weighted by atomic mass is 35.5. The topological polar surface area (TPSA) is 104 Å². The summed E-state index contributed by atoms with van der Waals surface area (Å²) in [6.07, 6.45) is 4.37. The molecular weight excluding hydrogens is 436 g/mol. The lowest BCUT2D eigenvalue weighted by molar-refractivity contribution is -0.148. The highest BCUT2D eigenvalue weighted by Gasteiger charge is 2.47. The third-order valence-electron chi connectivity index (χ3n) is 6.25. The van der Waals surface area contributed by atoms with E-state index < -0.39 is 18.6 Å². The first-order valence-corrected chi connectivity index (χ1v) is 10.4. The first kappa shape index (κ1) is 27.5. The summed E-state index contributed by atoms with van der Waals surface area (Å²) < 4.78 is 0. The second-order valence-corrected chi connectivity index (χ2v) is 8.37. The molecule has 0 amide bonds. The van der Waals surface area contributed by atoms with Crippen molar-refractivity contribution < 1.29 is 19.9 Å². The van der Waals surface area contributed by atoms with Crippen LogP contribution in [0, 0.1) is 11.8 Å². The van der Waals surface area contributed by atoms with Crippen LogP contribution < -0.4 is 5.73 Å². The molecule has 0 spiro atoms. The summed E-state index contributed by atoms with van der Waals surface area (Å²) >= 11 is 0. The van der Waals surface area contributed by atoms with Crippen molar-refractivity contribution in [3.8, 4) is 11.1 Å². The molecule has 1 aliphatic carbocycles. The van der Waals surface area contributed by atoms with E-state index in [1.807, 2.05) is 18.2 Å². The predicted molar refractivity (Wildman–Crippen MR) is 130 cm³/mol. The number of unbranched alkanes of at least 4 members (excludes halogenated alkanes) is 1. The maximum absolute atomic E-state index is 11.8. The smallest absolute Gasteiger partial charge is 0.451 e. The van der Waals surface area contributed by atoms with Crippen LogP contribution in [0.25, 0.3) is 11.1 Å². The van der Waals surface area contributed by atoms with Gasteiger partial charge >= 0.3 is 13.1 Å². The fourth-order valence-corrected chi connectivity index (χ4v) is 4.35. The van der Waals surface area contributed by atoms with Gasteiger partial charge in [-0.2, -0.15) is 0 Å². The van der Waals surface area contributed by atoms with E-state index in [4.69, 9.17) is 15.8 Å². The van der Waals surface area contributed by atoms with Gasteiger partial charge in [-0.3, -0.25) is 4.79 Å². The number of hydrogen-bond donors (Lipinski definition) is 4. The number of carboxylic acid groups (broad SMARTS) is 1. The van der Waals surface area contributed by atoms with E-state index in [0.29, 0.717) is 25.2 Å². The Morgan fingerprint density at radius 2 is 1.55 bits per heavy atom. The predicted octanol–water partition coefficient (Wildman–Crippen LogP) is 4.19. The fraction of sp³-hybridized carbons (Fsp3) is 0.435. The number of hydrogen-bond acceptors (Lipinski definition) is 4. The van der Waals surface area contributed by atoms with Gasteiger partial charge in [-0.1, -0.05) is 67.4 Å². The molecule has 0 aliphatic heterocycles. The summed E-state index contributed by atoms with van der Waals surface area (Å²) in [7, 11) is -1.34. The van der Waals surface area contributed by atoms with E-state index in [1.165, 1.54) is 16.7 Å². The van der Waals surface area contributed by atoms with Gasteiger partial charge in [0.2, 0.25) is 0 Å². The normalized spacial score (nSPS) is 19.2. The van der Waals surface area contributed by atoms with Gasteiger partial charge in [-0.25, -0.2) is 0 Å². The lowest BCUT2D eigenvalue weighted by atomic mass is 9.62. The molecule has 1 atom stereocenters. The molecule has 2 aromatic rings. The lowest BCUT2D eigenvalue weighted by Crippen LogP contribution is -2.58. The highest BCUT2D eigenvalue weighted by Crippen LogP contribution is 2.44. The first-order chi connectivity index (χ1) is 13.9. The molecule has 5 nitrogen and oxygen atoms in total. The molecule has 0 saturated heterocycles. The minimum Gasteiger partial charge on any atom is -0.480 e. The van der Waals surface area contributed by atoms with Gasteiger partial charge in [0.1, 0.15) is 5.54 Å². The van der Waals surface area contributed by atoms with Gasteiger partial charge in [-0.05, 0) is 60.5 Å². The Hall–Kier alpha value is -1.57. The summed E-state index contributed by atoms with van der Waals surface area (Å²) in [4.78, 5) is 11.8. The summed E-state index contributed by atoms with van der Waals surface area (Å²) in [6, 6.07) is 18.9. The van der Waals surface area contributed by atoms with Crippen molar-refractivity contribution in [1.29, 1.82) is 0 Å². The molecule has 31 heavy (non-hydrogen) atoms. The monoisotopic (exact) mass is 467 g/mol. The Labute approximate surface area is 197 Å². The molecule has 1 aliphatic rings. The maximum atomic E-state index is 11.8. The van der Waals surface area contributed by atoms with Gasteiger partial charge in [0.25, 0.3) is 0 Å². The number of halogens is 2. The summed E-state index contributed by atoms with van der Waals surface area (Å²) in [5, 5.41) is 27.5. The number of carboxylic acids is 1. The Balaban J connectivity index is 0.00000240. The van der Waals surface area contributed by atoms with Crippen LogP contribution in [0.5, 0.6) is 0 Å². The molecule has 0 aromatic heterocycles. The van der Waals surface area contributed by atoms with Crippen molar-refractivity contribution in [1.82, 2.24) is 0 Å². The van der Waals surface area contributed by atoms with Crippen molar-refractivity contribution in [3.05, 3.63) is 60.2 Å². The van der Waals surface area contributed by atoms with E-state index in [2.05, 4.69) is 36.4 Å². The molecule has 0 radical (unpaired) electrons. The number of rotatable bonds is 10. The molecule has 1 saturated carbocycles. The first-order valence-electron chi connectivity index (χ1n) is 10.4. The standard InChI is InChI=1S/C23H30BNO4.2ClH/c25-23(22(26)27,12-4-5-13-24(28)29)21-15-18(16-21)14-17-8-10-20(11-9-17)19-6-2-1-3-7-19;;/h1-3,6-11,18,21,28-29H,4-5,12-16,25H2,(H,26,27);2*1H. The number of benzene rings is 2. The summed E-state index contributed by atoms with van der Waals surface area (Å²) in [5.74, 6) is -0.505. The zero-order valence-electron chi connectivity index (χ0n) is 17.5. The molecule has 0 bridgehead atoms. The molecule has 1 fully saturated rings. The molecule has 0 heterocycles. The van der Waals surface area contributed by atoms with Crippen LogP contribution in [-0.2, 0) is 11.2 Å². The molecular formula is C23H32BCl2NO4. The van der Waals surface area contributed by atoms with E-state index in [0.717, 1.165) is 19.3 Å². The Bertz CT molecular complexity index is 801. The Morgan fingerprint density at radius 1 is 0.968 bits per heavy atom. The van der Waals surface area contributed by atoms with Gasteiger partial charge in [-0.15, -0.1) is 24.8 Å². The van der Waals surface area contributed by atoms with Gasteiger partial charge in [0.05, 0.1) is 0 Å². The average molecular weight is 468 g/mol. The van der Waals surface area contributed by atoms with Gasteiger partial charge in [0, 0.05) is 0 Å². The minimum atomic E-state index is -1.34. The van der Waals surface area contributed by atoms with Crippen molar-refractivity contribution in [2.75, 3.05) is 0 Å². The molecule has 1 unspecified atom stereocenters. The van der Waals surface area contributed by atoms with Crippen LogP contribution in [0.2, 0.25) is 6.32 Å². The molecule has 170 valence electrons. The van der Waals surface area contributed by atoms with Crippen LogP contribution in [0.4, 0.5) is 0 Å². The summed E-state index contributed by atoms with van der Waals surface area (Å²) in [6.45, 7) is 0. The number of nitrogens with two attached hydrogens (primary N) is 1. The van der Waals surface area contributed by atoms with Crippen molar-refractivity contribution >= 4 is 37.9 Å². The fourth-order valence-electron chi connectivity index (χ4n) is 4.35. The Morgan fingerprint density at radius 3 is 2.10 bits per heavy atom. The van der Waals surface area contributed by atoms with Crippen LogP contribution >= 0.6 is 24.8 Å². The second kappa shape index (κ2) is 12.5. The van der Waals surface area contributed by atoms with E-state index >= 15 is 0 Å². The molecule has 8 heteroatoms. The van der Waals surface area contributed by atoms with Crippen LogP contribution in [0.15, 0.2) is 54.6 Å². The van der Waals surface area contributed by atoms with E-state index in [9.17, 15) is 9.90 Å². The molecule has 5 N–H and O–H groups in total. The number of aliphatic carboxylic acids is 1. The minimum absolute atomic E-state index is 0. The third-order valence-corrected chi connectivity index (χ3v) is 6.25. The van der Waals surface area contributed by atoms with Crippen LogP contribution in [0.1, 0.15) is 37.7 Å². The van der Waals surface area contributed by atoms with Crippen molar-refractivity contribution in [2.45, 2.75) is 50.4 Å². The van der Waals surface area contributed by atoms with E-state index in [1.54, 1.807) is 0 Å². The van der Waals surface area contributed by atoms with Crippen LogP contribution in [-0.4, -0.2) is 33.8 Å². The quantitative estimate of drug-likeness (QED) is 0.309. The molecule has 2 aromatic carbocycles. The maximum Gasteiger partial charge on any atom is 0.451 e. The largest absolute Gasteiger partial charge is 0.480 e. The van der Waals surface area contributed by atoms with E-state index in [-0.39, 0.29) is 37.1 Å². The van der Waals surface area contributed by atoms with Gasteiger partial charge in [0.15, 0.2) is 0 Å². The number of carbonyl (C=O) groups is 1. The SMILES string of the molecule is Cl.Cl.NC(CCCCB(O)O)(C(=O)O)C1CC(Cc2ccc(-c3ccccc3)cc2)C1. The molecule has 3 rings (SSSR count). The second-order valence-electron chi connectivity index (χ2n) is 8.37. The van der Waals surface area contributed by atoms with Gasteiger partial charge < -0.3 is 20.9 Å². The zero-order chi connectivity index (χ0) is 20.9. The lowest BCUT2D eigenvalue weighted by Gasteiger charge is -2.45. The van der Waals surface area contributed by atoms with Crippen LogP contribution in [0.3, 0.4) is 0 Å². The summed E-state index contributed by atoms with van der Waals surface area (Å²) in [5.41, 5.74) is 8.73. The van der Waals surface area contributed by atoms with Crippen molar-refractivity contribution in [3.63, 3.8) is 0 Å². The third kappa shape index (κ3) is 7.23. The van der Waals surface area contributed by atoms with Crippen molar-refractivity contribution in [2.24, 2.45) is 17.6 Å². The average Bonchev–Trinajstić information content (AvgIpc) is 2.68. The zero-order valence-corrected chi connectivity index (χ0v) is 19.2. The highest BCUT2D eigenvalue weighted by molar-refractivity contribution is 6.40. The Kier molecular flexibility index (Phi) is 11.0.